The van der Waals surface area contributed by atoms with Gasteiger partial charge in [0.05, 0.1) is 19.3 Å². The number of esters is 1. The van der Waals surface area contributed by atoms with E-state index in [2.05, 4.69) is 31.2 Å². The molecule has 0 aliphatic carbocycles. The summed E-state index contributed by atoms with van der Waals surface area (Å²) in [5.41, 5.74) is 0. The van der Waals surface area contributed by atoms with Crippen LogP contribution in [0.15, 0.2) is 24.3 Å². The first-order valence-corrected chi connectivity index (χ1v) is 11.0. The molecule has 0 aromatic rings. The summed E-state index contributed by atoms with van der Waals surface area (Å²) >= 11 is 0. The summed E-state index contributed by atoms with van der Waals surface area (Å²) in [4.78, 5) is 11.3. The van der Waals surface area contributed by atoms with Gasteiger partial charge in [-0.3, -0.25) is 4.79 Å². The van der Waals surface area contributed by atoms with Crippen molar-refractivity contribution in [3.63, 3.8) is 0 Å². The Morgan fingerprint density at radius 1 is 1.00 bits per heavy atom. The van der Waals surface area contributed by atoms with E-state index in [-0.39, 0.29) is 31.7 Å². The highest BCUT2D eigenvalue weighted by molar-refractivity contribution is 5.69. The number of unbranched alkanes of at least 4 members (excludes halogenated alkanes) is 6. The molecule has 0 amide bonds. The van der Waals surface area contributed by atoms with E-state index in [1.54, 1.807) is 0 Å². The molecule has 0 spiro atoms. The molecule has 0 saturated heterocycles. The Bertz CT molecular complexity index is 406. The first-order chi connectivity index (χ1) is 13.6. The van der Waals surface area contributed by atoms with Crippen molar-refractivity contribution in [3.8, 4) is 0 Å². The minimum atomic E-state index is -0.666. The van der Waals surface area contributed by atoms with Gasteiger partial charge in [0, 0.05) is 6.42 Å². The van der Waals surface area contributed by atoms with Crippen molar-refractivity contribution >= 4 is 5.97 Å². The van der Waals surface area contributed by atoms with E-state index >= 15 is 0 Å². The molecule has 5 nitrogen and oxygen atoms in total. The molecule has 28 heavy (non-hydrogen) atoms. The average Bonchev–Trinajstić information content (AvgIpc) is 2.70. The first-order valence-electron chi connectivity index (χ1n) is 11.0. The second-order valence-corrected chi connectivity index (χ2v) is 7.36. The van der Waals surface area contributed by atoms with Crippen molar-refractivity contribution in [1.82, 2.24) is 0 Å². The molecule has 2 atom stereocenters. The molecule has 164 valence electrons. The van der Waals surface area contributed by atoms with E-state index in [0.29, 0.717) is 12.8 Å². The Labute approximate surface area is 171 Å². The number of rotatable bonds is 19. The highest BCUT2D eigenvalue weighted by atomic mass is 16.5. The quantitative estimate of drug-likeness (QED) is 0.171. The molecule has 0 aromatic heterocycles. The van der Waals surface area contributed by atoms with Gasteiger partial charge in [0.1, 0.15) is 6.61 Å². The third-order valence-corrected chi connectivity index (χ3v) is 4.67. The fourth-order valence-corrected chi connectivity index (χ4v) is 3.05. The van der Waals surface area contributed by atoms with Gasteiger partial charge in [0.15, 0.2) is 0 Å². The van der Waals surface area contributed by atoms with E-state index in [9.17, 15) is 9.90 Å². The largest absolute Gasteiger partial charge is 0.463 e. The van der Waals surface area contributed by atoms with Crippen LogP contribution in [-0.4, -0.2) is 47.2 Å². The third-order valence-electron chi connectivity index (χ3n) is 4.67. The number of carbonyl (C=O) groups is 1. The summed E-state index contributed by atoms with van der Waals surface area (Å²) < 4.78 is 4.83. The van der Waals surface area contributed by atoms with Crippen LogP contribution in [0.25, 0.3) is 0 Å². The minimum Gasteiger partial charge on any atom is -0.463 e. The molecule has 0 bridgehead atoms. The lowest BCUT2D eigenvalue weighted by molar-refractivity contribution is -0.144. The summed E-state index contributed by atoms with van der Waals surface area (Å²) in [6.45, 7) is 1.96. The van der Waals surface area contributed by atoms with Gasteiger partial charge in [-0.15, -0.1) is 0 Å². The summed E-state index contributed by atoms with van der Waals surface area (Å²) in [6, 6.07) is 0. The van der Waals surface area contributed by atoms with Crippen LogP contribution < -0.4 is 0 Å². The summed E-state index contributed by atoms with van der Waals surface area (Å²) in [6.07, 6.45) is 19.7. The van der Waals surface area contributed by atoms with Crippen molar-refractivity contribution < 1.29 is 24.9 Å². The molecule has 2 unspecified atom stereocenters. The molecule has 0 aliphatic rings. The molecule has 0 heterocycles. The topological polar surface area (TPSA) is 87.0 Å². The van der Waals surface area contributed by atoms with Crippen LogP contribution in [0.4, 0.5) is 0 Å². The zero-order chi connectivity index (χ0) is 20.9. The Kier molecular flexibility index (Phi) is 19.7. The zero-order valence-corrected chi connectivity index (χ0v) is 17.7. The van der Waals surface area contributed by atoms with Crippen LogP contribution in [0.1, 0.15) is 84.0 Å². The predicted octanol–water partition coefficient (Wildman–Crippen LogP) is 4.30. The molecule has 0 radical (unpaired) electrons. The summed E-state index contributed by atoms with van der Waals surface area (Å²) in [7, 11) is 0. The van der Waals surface area contributed by atoms with Crippen LogP contribution >= 0.6 is 0 Å². The van der Waals surface area contributed by atoms with Crippen LogP contribution in [-0.2, 0) is 9.53 Å². The number of hydrogen-bond acceptors (Lipinski definition) is 5. The maximum atomic E-state index is 11.3. The van der Waals surface area contributed by atoms with E-state index < -0.39 is 6.10 Å². The molecule has 0 aliphatic heterocycles. The Balaban J connectivity index is 4.01. The second-order valence-electron chi connectivity index (χ2n) is 7.36. The van der Waals surface area contributed by atoms with Crippen LogP contribution in [0.5, 0.6) is 0 Å². The van der Waals surface area contributed by atoms with E-state index in [0.717, 1.165) is 44.9 Å². The van der Waals surface area contributed by atoms with Gasteiger partial charge < -0.3 is 20.1 Å². The smallest absolute Gasteiger partial charge is 0.305 e. The normalized spacial score (nSPS) is 14.0. The highest BCUT2D eigenvalue weighted by Gasteiger charge is 2.11. The predicted molar refractivity (Wildman–Crippen MR) is 114 cm³/mol. The van der Waals surface area contributed by atoms with E-state index in [1.807, 2.05) is 0 Å². The Morgan fingerprint density at radius 3 is 2.50 bits per heavy atom. The maximum absolute atomic E-state index is 11.3. The zero-order valence-electron chi connectivity index (χ0n) is 17.7. The van der Waals surface area contributed by atoms with Crippen LogP contribution in [0.3, 0.4) is 0 Å². The lowest BCUT2D eigenvalue weighted by Gasteiger charge is -2.16. The second kappa shape index (κ2) is 20.6. The molecule has 0 saturated carbocycles. The van der Waals surface area contributed by atoms with Crippen molar-refractivity contribution in [2.24, 2.45) is 5.92 Å². The van der Waals surface area contributed by atoms with Gasteiger partial charge in [0.25, 0.3) is 0 Å². The maximum Gasteiger partial charge on any atom is 0.305 e. The first kappa shape index (κ1) is 26.8. The molecule has 0 rings (SSSR count). The van der Waals surface area contributed by atoms with Crippen LogP contribution in [0.2, 0.25) is 0 Å². The van der Waals surface area contributed by atoms with E-state index in [1.165, 1.54) is 19.3 Å². The number of carbonyl (C=O) groups excluding carboxylic acids is 1. The minimum absolute atomic E-state index is 0.0773. The highest BCUT2D eigenvalue weighted by Crippen LogP contribution is 2.19. The molecule has 0 aromatic carbocycles. The summed E-state index contributed by atoms with van der Waals surface area (Å²) in [5, 5.41) is 27.5. The molecule has 5 heteroatoms. The van der Waals surface area contributed by atoms with Gasteiger partial charge in [0.2, 0.25) is 0 Å². The third kappa shape index (κ3) is 18.2. The number of hydrogen-bond donors (Lipinski definition) is 3. The fraction of sp³-hybridized carbons (Fsp3) is 0.783. The lowest BCUT2D eigenvalue weighted by Crippen LogP contribution is -2.16. The number of aliphatic hydroxyl groups is 3. The van der Waals surface area contributed by atoms with Crippen molar-refractivity contribution in [2.45, 2.75) is 90.1 Å². The Hall–Kier alpha value is -1.17. The standard InChI is InChI=1S/C23H42O5/c1-2-3-4-5-6-7-8-11-14-21(19-22(26)20-25)15-12-9-10-13-16-23(27)28-18-17-24/h6-7,11,14,21-22,24-26H,2-5,8-10,12-13,15-20H2,1H3/b7-6-,14-11-. The van der Waals surface area contributed by atoms with Gasteiger partial charge in [-0.05, 0) is 44.4 Å². The summed E-state index contributed by atoms with van der Waals surface area (Å²) in [5.74, 6) is 0.0221. The van der Waals surface area contributed by atoms with Crippen molar-refractivity contribution in [1.29, 1.82) is 0 Å². The number of aliphatic hydroxyl groups excluding tert-OH is 3. The van der Waals surface area contributed by atoms with Crippen molar-refractivity contribution in [3.05, 3.63) is 24.3 Å². The van der Waals surface area contributed by atoms with Gasteiger partial charge >= 0.3 is 5.97 Å². The SMILES string of the molecule is CCCCC/C=C\C/C=C\C(CCCCCCC(=O)OCCO)CC(O)CO. The van der Waals surface area contributed by atoms with Gasteiger partial charge in [-0.25, -0.2) is 0 Å². The van der Waals surface area contributed by atoms with Crippen LogP contribution in [0, 0.1) is 5.92 Å². The van der Waals surface area contributed by atoms with Crippen molar-refractivity contribution in [2.75, 3.05) is 19.8 Å². The fourth-order valence-electron chi connectivity index (χ4n) is 3.05. The average molecular weight is 399 g/mol. The number of ether oxygens (including phenoxy) is 1. The molecule has 0 fully saturated rings. The van der Waals surface area contributed by atoms with Gasteiger partial charge in [-0.1, -0.05) is 63.3 Å². The molecule has 3 N–H and O–H groups in total. The Morgan fingerprint density at radius 2 is 1.79 bits per heavy atom. The molecular formula is C23H42O5. The lowest BCUT2D eigenvalue weighted by atomic mass is 9.94. The number of allylic oxidation sites excluding steroid dienone is 4. The molecular weight excluding hydrogens is 356 g/mol. The monoisotopic (exact) mass is 398 g/mol. The van der Waals surface area contributed by atoms with Gasteiger partial charge in [-0.2, -0.15) is 0 Å². The van der Waals surface area contributed by atoms with E-state index in [4.69, 9.17) is 14.9 Å².